The van der Waals surface area contributed by atoms with E-state index in [0.717, 1.165) is 17.1 Å². The lowest BCUT2D eigenvalue weighted by Gasteiger charge is -2.12. The molecule has 0 fully saturated rings. The number of benzene rings is 2. The molecule has 0 aliphatic carbocycles. The van der Waals surface area contributed by atoms with Crippen LogP contribution in [0.25, 0.3) is 0 Å². The van der Waals surface area contributed by atoms with Gasteiger partial charge in [0, 0.05) is 41.7 Å². The SMILES string of the molecule is Cc1cccc(Oc2cc(Oc3ccccc3)cc(Oc3cccc(C)n3)c2)n1. The monoisotopic (exact) mass is 384 g/mol. The Hall–Kier alpha value is -3.86. The average Bonchev–Trinajstić information content (AvgIpc) is 2.69. The molecule has 0 amide bonds. The third kappa shape index (κ3) is 5.11. The summed E-state index contributed by atoms with van der Waals surface area (Å²) in [5.74, 6) is 3.42. The van der Waals surface area contributed by atoms with Crippen LogP contribution in [0.4, 0.5) is 0 Å². The molecule has 144 valence electrons. The highest BCUT2D eigenvalue weighted by Gasteiger charge is 2.09. The topological polar surface area (TPSA) is 53.5 Å². The summed E-state index contributed by atoms with van der Waals surface area (Å²) < 4.78 is 17.9. The van der Waals surface area contributed by atoms with Gasteiger partial charge in [-0.15, -0.1) is 0 Å². The predicted octanol–water partition coefficient (Wildman–Crippen LogP) is 6.47. The van der Waals surface area contributed by atoms with Crippen LogP contribution in [-0.2, 0) is 0 Å². The van der Waals surface area contributed by atoms with Gasteiger partial charge in [-0.1, -0.05) is 30.3 Å². The van der Waals surface area contributed by atoms with E-state index in [1.165, 1.54) is 0 Å². The third-order valence-corrected chi connectivity index (χ3v) is 4.00. The van der Waals surface area contributed by atoms with Gasteiger partial charge in [0.1, 0.15) is 23.0 Å². The lowest BCUT2D eigenvalue weighted by atomic mass is 10.3. The van der Waals surface area contributed by atoms with Crippen molar-refractivity contribution in [1.82, 2.24) is 9.97 Å². The van der Waals surface area contributed by atoms with Crippen molar-refractivity contribution in [3.63, 3.8) is 0 Å². The van der Waals surface area contributed by atoms with Crippen molar-refractivity contribution >= 4 is 0 Å². The maximum atomic E-state index is 5.98. The molecular weight excluding hydrogens is 364 g/mol. The number of ether oxygens (including phenoxy) is 3. The van der Waals surface area contributed by atoms with E-state index < -0.39 is 0 Å². The van der Waals surface area contributed by atoms with E-state index >= 15 is 0 Å². The first-order valence-electron chi connectivity index (χ1n) is 9.25. The molecule has 4 aromatic rings. The molecule has 0 atom stereocenters. The molecule has 0 spiro atoms. The van der Waals surface area contributed by atoms with Gasteiger partial charge in [0.05, 0.1) is 0 Å². The predicted molar refractivity (Wildman–Crippen MR) is 111 cm³/mol. The molecule has 2 aromatic carbocycles. The van der Waals surface area contributed by atoms with Gasteiger partial charge in [-0.2, -0.15) is 0 Å². The Balaban J connectivity index is 1.66. The number of pyridine rings is 2. The lowest BCUT2D eigenvalue weighted by Crippen LogP contribution is -1.94. The highest BCUT2D eigenvalue weighted by Crippen LogP contribution is 2.34. The van der Waals surface area contributed by atoms with Crippen LogP contribution >= 0.6 is 0 Å². The van der Waals surface area contributed by atoms with Gasteiger partial charge in [-0.25, -0.2) is 9.97 Å². The molecule has 5 heteroatoms. The molecule has 0 aliphatic rings. The van der Waals surface area contributed by atoms with Crippen molar-refractivity contribution in [3.05, 3.63) is 96.3 Å². The van der Waals surface area contributed by atoms with E-state index in [1.54, 1.807) is 30.3 Å². The normalized spacial score (nSPS) is 10.4. The molecule has 0 radical (unpaired) electrons. The number of hydrogen-bond acceptors (Lipinski definition) is 5. The second kappa shape index (κ2) is 8.44. The maximum Gasteiger partial charge on any atom is 0.219 e. The highest BCUT2D eigenvalue weighted by molar-refractivity contribution is 5.46. The molecule has 2 aromatic heterocycles. The zero-order chi connectivity index (χ0) is 20.1. The zero-order valence-electron chi connectivity index (χ0n) is 16.2. The summed E-state index contributed by atoms with van der Waals surface area (Å²) in [6.45, 7) is 3.83. The number of para-hydroxylation sites is 1. The number of rotatable bonds is 6. The summed E-state index contributed by atoms with van der Waals surface area (Å²) in [7, 11) is 0. The number of hydrogen-bond donors (Lipinski definition) is 0. The van der Waals surface area contributed by atoms with E-state index in [1.807, 2.05) is 68.4 Å². The van der Waals surface area contributed by atoms with E-state index in [4.69, 9.17) is 14.2 Å². The Morgan fingerprint density at radius 1 is 0.483 bits per heavy atom. The zero-order valence-corrected chi connectivity index (χ0v) is 16.2. The lowest BCUT2D eigenvalue weighted by molar-refractivity contribution is 0.426. The minimum atomic E-state index is 0.501. The average molecular weight is 384 g/mol. The molecule has 4 rings (SSSR count). The van der Waals surface area contributed by atoms with Crippen LogP contribution in [0.3, 0.4) is 0 Å². The van der Waals surface area contributed by atoms with Crippen molar-refractivity contribution in [2.45, 2.75) is 13.8 Å². The molecule has 0 saturated heterocycles. The summed E-state index contributed by atoms with van der Waals surface area (Å²) in [6, 6.07) is 26.2. The van der Waals surface area contributed by atoms with Crippen LogP contribution < -0.4 is 14.2 Å². The summed E-state index contributed by atoms with van der Waals surface area (Å²) in [5, 5.41) is 0. The fourth-order valence-electron chi connectivity index (χ4n) is 2.74. The van der Waals surface area contributed by atoms with Crippen LogP contribution in [0.5, 0.6) is 34.8 Å². The second-order valence-electron chi connectivity index (χ2n) is 6.49. The molecule has 0 saturated carbocycles. The molecule has 0 aliphatic heterocycles. The van der Waals surface area contributed by atoms with Crippen LogP contribution in [0.2, 0.25) is 0 Å². The molecule has 0 unspecified atom stereocenters. The Bertz CT molecular complexity index is 1050. The Morgan fingerprint density at radius 2 is 0.966 bits per heavy atom. The van der Waals surface area contributed by atoms with Crippen LogP contribution in [0, 0.1) is 13.8 Å². The largest absolute Gasteiger partial charge is 0.457 e. The van der Waals surface area contributed by atoms with Crippen LogP contribution in [0.1, 0.15) is 11.4 Å². The van der Waals surface area contributed by atoms with Crippen molar-refractivity contribution in [2.75, 3.05) is 0 Å². The standard InChI is InChI=1S/C24H20N2O3/c1-17-8-6-12-23(25-17)28-21-14-20(27-19-10-4-3-5-11-19)15-22(16-21)29-24-13-7-9-18(2)26-24/h3-16H,1-2H3. The van der Waals surface area contributed by atoms with Crippen molar-refractivity contribution in [1.29, 1.82) is 0 Å². The van der Waals surface area contributed by atoms with Crippen molar-refractivity contribution < 1.29 is 14.2 Å². The Morgan fingerprint density at radius 3 is 1.45 bits per heavy atom. The fourth-order valence-corrected chi connectivity index (χ4v) is 2.74. The minimum Gasteiger partial charge on any atom is -0.457 e. The van der Waals surface area contributed by atoms with Gasteiger partial charge in [-0.05, 0) is 38.1 Å². The summed E-state index contributed by atoms with van der Waals surface area (Å²) in [4.78, 5) is 8.78. The molecular formula is C24H20N2O3. The maximum absolute atomic E-state index is 5.98. The molecule has 0 bridgehead atoms. The first kappa shape index (κ1) is 18.5. The number of aromatic nitrogens is 2. The highest BCUT2D eigenvalue weighted by atomic mass is 16.5. The number of aryl methyl sites for hydroxylation is 2. The smallest absolute Gasteiger partial charge is 0.219 e. The summed E-state index contributed by atoms with van der Waals surface area (Å²) in [5.41, 5.74) is 1.75. The summed E-state index contributed by atoms with van der Waals surface area (Å²) >= 11 is 0. The molecule has 2 heterocycles. The van der Waals surface area contributed by atoms with Crippen molar-refractivity contribution in [3.8, 4) is 34.8 Å². The van der Waals surface area contributed by atoms with E-state index in [0.29, 0.717) is 29.0 Å². The van der Waals surface area contributed by atoms with E-state index in [9.17, 15) is 0 Å². The third-order valence-electron chi connectivity index (χ3n) is 4.00. The van der Waals surface area contributed by atoms with Crippen LogP contribution in [0.15, 0.2) is 84.9 Å². The quantitative estimate of drug-likeness (QED) is 0.381. The Labute approximate surface area is 169 Å². The van der Waals surface area contributed by atoms with Gasteiger partial charge in [-0.3, -0.25) is 0 Å². The Kier molecular flexibility index (Phi) is 5.38. The molecule has 5 nitrogen and oxygen atoms in total. The number of nitrogens with zero attached hydrogens (tertiary/aromatic N) is 2. The molecule has 0 N–H and O–H groups in total. The fraction of sp³-hybridized carbons (Fsp3) is 0.0833. The molecule has 29 heavy (non-hydrogen) atoms. The van der Waals surface area contributed by atoms with Crippen molar-refractivity contribution in [2.24, 2.45) is 0 Å². The van der Waals surface area contributed by atoms with Gasteiger partial charge < -0.3 is 14.2 Å². The van der Waals surface area contributed by atoms with E-state index in [-0.39, 0.29) is 0 Å². The van der Waals surface area contributed by atoms with Gasteiger partial charge in [0.25, 0.3) is 0 Å². The van der Waals surface area contributed by atoms with Gasteiger partial charge in [0.2, 0.25) is 11.8 Å². The van der Waals surface area contributed by atoms with Gasteiger partial charge >= 0.3 is 0 Å². The summed E-state index contributed by atoms with van der Waals surface area (Å²) in [6.07, 6.45) is 0. The van der Waals surface area contributed by atoms with Crippen LogP contribution in [-0.4, -0.2) is 9.97 Å². The first-order chi connectivity index (χ1) is 14.1. The van der Waals surface area contributed by atoms with E-state index in [2.05, 4.69) is 9.97 Å². The first-order valence-corrected chi connectivity index (χ1v) is 9.25. The second-order valence-corrected chi connectivity index (χ2v) is 6.49. The van der Waals surface area contributed by atoms with Gasteiger partial charge in [0.15, 0.2) is 0 Å². The minimum absolute atomic E-state index is 0.501.